The summed E-state index contributed by atoms with van der Waals surface area (Å²) in [7, 11) is 2.61. The number of aliphatic carboxylic acids is 1. The summed E-state index contributed by atoms with van der Waals surface area (Å²) in [6.45, 7) is 0.253. The third-order valence-electron chi connectivity index (χ3n) is 3.17. The Morgan fingerprint density at radius 3 is 2.60 bits per heavy atom. The van der Waals surface area contributed by atoms with E-state index in [1.807, 2.05) is 0 Å². The van der Waals surface area contributed by atoms with E-state index in [2.05, 4.69) is 10.1 Å². The van der Waals surface area contributed by atoms with E-state index < -0.39 is 30.1 Å². The molecule has 8 heteroatoms. The van der Waals surface area contributed by atoms with Crippen LogP contribution in [-0.4, -0.2) is 67.4 Å². The van der Waals surface area contributed by atoms with Gasteiger partial charge >= 0.3 is 18.0 Å². The van der Waals surface area contributed by atoms with Gasteiger partial charge in [-0.25, -0.2) is 14.4 Å². The number of likely N-dealkylation sites (tertiary alicyclic amines) is 1. The molecule has 1 fully saturated rings. The lowest BCUT2D eigenvalue weighted by Gasteiger charge is -2.34. The second kappa shape index (κ2) is 7.68. The van der Waals surface area contributed by atoms with Gasteiger partial charge in [-0.15, -0.1) is 0 Å². The first-order valence-electron chi connectivity index (χ1n) is 6.38. The van der Waals surface area contributed by atoms with Crippen LogP contribution in [0.5, 0.6) is 0 Å². The van der Waals surface area contributed by atoms with Gasteiger partial charge < -0.3 is 24.8 Å². The van der Waals surface area contributed by atoms with Crippen LogP contribution in [0, 0.1) is 0 Å². The molecule has 0 bridgehead atoms. The van der Waals surface area contributed by atoms with E-state index in [-0.39, 0.29) is 6.61 Å². The summed E-state index contributed by atoms with van der Waals surface area (Å²) in [6.07, 6.45) is 2.11. The highest BCUT2D eigenvalue weighted by atomic mass is 16.5. The summed E-state index contributed by atoms with van der Waals surface area (Å²) in [4.78, 5) is 36.0. The molecule has 20 heavy (non-hydrogen) atoms. The van der Waals surface area contributed by atoms with Crippen LogP contribution in [0.1, 0.15) is 19.3 Å². The van der Waals surface area contributed by atoms with E-state index in [4.69, 9.17) is 9.84 Å². The molecule has 1 saturated heterocycles. The molecule has 1 aliphatic heterocycles. The minimum absolute atomic E-state index is 0.141. The van der Waals surface area contributed by atoms with Crippen molar-refractivity contribution < 1.29 is 29.0 Å². The molecule has 2 atom stereocenters. The number of esters is 1. The van der Waals surface area contributed by atoms with Crippen molar-refractivity contribution in [2.24, 2.45) is 0 Å². The molecular formula is C12H20N2O6. The van der Waals surface area contributed by atoms with Gasteiger partial charge in [0.15, 0.2) is 6.04 Å². The SMILES string of the molecule is COCC(NC(=O)N1CCCCC1C(=O)OC)C(=O)O. The van der Waals surface area contributed by atoms with Crippen molar-refractivity contribution in [2.75, 3.05) is 27.4 Å². The third-order valence-corrected chi connectivity index (χ3v) is 3.17. The predicted molar refractivity (Wildman–Crippen MR) is 68.2 cm³/mol. The number of nitrogens with zero attached hydrogens (tertiary/aromatic N) is 1. The van der Waals surface area contributed by atoms with Crippen LogP contribution in [-0.2, 0) is 19.1 Å². The van der Waals surface area contributed by atoms with E-state index in [0.717, 1.165) is 12.8 Å². The maximum absolute atomic E-state index is 12.1. The Morgan fingerprint density at radius 1 is 1.35 bits per heavy atom. The number of carbonyl (C=O) groups is 3. The summed E-state index contributed by atoms with van der Waals surface area (Å²) < 4.78 is 9.41. The fourth-order valence-corrected chi connectivity index (χ4v) is 2.13. The summed E-state index contributed by atoms with van der Waals surface area (Å²) in [5.41, 5.74) is 0. The molecule has 0 aromatic heterocycles. The fourth-order valence-electron chi connectivity index (χ4n) is 2.13. The van der Waals surface area contributed by atoms with Gasteiger partial charge in [-0.1, -0.05) is 0 Å². The number of methoxy groups -OCH3 is 2. The maximum atomic E-state index is 12.1. The summed E-state index contributed by atoms with van der Waals surface area (Å²) >= 11 is 0. The standard InChI is InChI=1S/C12H20N2O6/c1-19-7-8(10(15)16)13-12(18)14-6-4-3-5-9(14)11(17)20-2/h8-9H,3-7H2,1-2H3,(H,13,18)(H,15,16). The minimum atomic E-state index is -1.19. The van der Waals surface area contributed by atoms with Crippen LogP contribution >= 0.6 is 0 Å². The van der Waals surface area contributed by atoms with Crippen molar-refractivity contribution in [1.29, 1.82) is 0 Å². The number of hydrogen-bond donors (Lipinski definition) is 2. The molecule has 0 aromatic carbocycles. The van der Waals surface area contributed by atoms with Crippen molar-refractivity contribution in [3.63, 3.8) is 0 Å². The number of ether oxygens (including phenoxy) is 2. The number of amides is 2. The van der Waals surface area contributed by atoms with Crippen molar-refractivity contribution >= 4 is 18.0 Å². The monoisotopic (exact) mass is 288 g/mol. The van der Waals surface area contributed by atoms with Crippen molar-refractivity contribution in [3.8, 4) is 0 Å². The van der Waals surface area contributed by atoms with Gasteiger partial charge in [0.1, 0.15) is 6.04 Å². The van der Waals surface area contributed by atoms with E-state index >= 15 is 0 Å². The molecule has 0 radical (unpaired) electrons. The zero-order chi connectivity index (χ0) is 15.1. The van der Waals surface area contributed by atoms with Crippen LogP contribution in [0.4, 0.5) is 4.79 Å². The summed E-state index contributed by atoms with van der Waals surface area (Å²) in [5, 5.41) is 11.3. The Bertz CT molecular complexity index is 373. The second-order valence-corrected chi connectivity index (χ2v) is 4.52. The first-order valence-corrected chi connectivity index (χ1v) is 6.38. The zero-order valence-electron chi connectivity index (χ0n) is 11.6. The molecule has 2 unspecified atom stereocenters. The van der Waals surface area contributed by atoms with Crippen LogP contribution in [0.3, 0.4) is 0 Å². The van der Waals surface area contributed by atoms with Crippen LogP contribution < -0.4 is 5.32 Å². The molecule has 0 aliphatic carbocycles. The van der Waals surface area contributed by atoms with Gasteiger partial charge in [-0.2, -0.15) is 0 Å². The quantitative estimate of drug-likeness (QED) is 0.680. The Hall–Kier alpha value is -1.83. The number of piperidine rings is 1. The maximum Gasteiger partial charge on any atom is 0.328 e. The lowest BCUT2D eigenvalue weighted by molar-refractivity contribution is -0.146. The summed E-state index contributed by atoms with van der Waals surface area (Å²) in [5.74, 6) is -1.68. The van der Waals surface area contributed by atoms with E-state index in [1.54, 1.807) is 0 Å². The number of urea groups is 1. The predicted octanol–water partition coefficient (Wildman–Crippen LogP) is -0.177. The highest BCUT2D eigenvalue weighted by Crippen LogP contribution is 2.18. The highest BCUT2D eigenvalue weighted by molar-refractivity contribution is 5.86. The molecule has 114 valence electrons. The number of carbonyl (C=O) groups excluding carboxylic acids is 2. The first kappa shape index (κ1) is 16.2. The smallest absolute Gasteiger partial charge is 0.328 e. The van der Waals surface area contributed by atoms with Crippen molar-refractivity contribution in [3.05, 3.63) is 0 Å². The molecule has 1 rings (SSSR count). The van der Waals surface area contributed by atoms with Gasteiger partial charge in [0.25, 0.3) is 0 Å². The van der Waals surface area contributed by atoms with Crippen molar-refractivity contribution in [1.82, 2.24) is 10.2 Å². The Morgan fingerprint density at radius 2 is 2.05 bits per heavy atom. The Labute approximate surface area is 117 Å². The molecule has 0 saturated carbocycles. The van der Waals surface area contributed by atoms with Gasteiger partial charge in [0, 0.05) is 13.7 Å². The Balaban J connectivity index is 2.71. The lowest BCUT2D eigenvalue weighted by atomic mass is 10.0. The van der Waals surface area contributed by atoms with E-state index in [1.165, 1.54) is 19.1 Å². The highest BCUT2D eigenvalue weighted by Gasteiger charge is 2.34. The summed E-state index contributed by atoms with van der Waals surface area (Å²) in [6, 6.07) is -2.40. The average molecular weight is 288 g/mol. The van der Waals surface area contributed by atoms with Gasteiger partial charge in [0.05, 0.1) is 13.7 Å². The zero-order valence-corrected chi connectivity index (χ0v) is 11.6. The molecule has 8 nitrogen and oxygen atoms in total. The average Bonchev–Trinajstić information content (AvgIpc) is 2.45. The largest absolute Gasteiger partial charge is 0.480 e. The Kier molecular flexibility index (Phi) is 6.23. The van der Waals surface area contributed by atoms with E-state index in [9.17, 15) is 14.4 Å². The molecule has 1 heterocycles. The third kappa shape index (κ3) is 4.09. The molecule has 1 aliphatic rings. The van der Waals surface area contributed by atoms with E-state index in [0.29, 0.717) is 13.0 Å². The fraction of sp³-hybridized carbons (Fsp3) is 0.750. The van der Waals surface area contributed by atoms with Gasteiger partial charge in [-0.05, 0) is 19.3 Å². The molecule has 2 N–H and O–H groups in total. The molecule has 0 aromatic rings. The molecular weight excluding hydrogens is 268 g/mol. The van der Waals surface area contributed by atoms with Crippen LogP contribution in [0.2, 0.25) is 0 Å². The van der Waals surface area contributed by atoms with Crippen LogP contribution in [0.25, 0.3) is 0 Å². The topological polar surface area (TPSA) is 105 Å². The number of carboxylic acids is 1. The van der Waals surface area contributed by atoms with Gasteiger partial charge in [-0.3, -0.25) is 0 Å². The number of hydrogen-bond acceptors (Lipinski definition) is 5. The normalized spacial score (nSPS) is 20.1. The molecule has 2 amide bonds. The van der Waals surface area contributed by atoms with Crippen LogP contribution in [0.15, 0.2) is 0 Å². The number of carboxylic acid groups (broad SMARTS) is 1. The van der Waals surface area contributed by atoms with Gasteiger partial charge in [0.2, 0.25) is 0 Å². The number of rotatable bonds is 5. The number of nitrogens with one attached hydrogen (secondary N) is 1. The molecule has 0 spiro atoms. The first-order chi connectivity index (χ1) is 9.51. The minimum Gasteiger partial charge on any atom is -0.480 e. The van der Waals surface area contributed by atoms with Crippen molar-refractivity contribution in [2.45, 2.75) is 31.3 Å². The second-order valence-electron chi connectivity index (χ2n) is 4.52. The lowest BCUT2D eigenvalue weighted by Crippen LogP contribution is -2.56.